The molecule has 0 spiro atoms. The Morgan fingerprint density at radius 1 is 1.19 bits per heavy atom. The number of unbranched alkanes of at least 4 members (excludes halogenated alkanes) is 2. The van der Waals surface area contributed by atoms with E-state index in [1.165, 1.54) is 12.1 Å². The van der Waals surface area contributed by atoms with E-state index in [1.54, 1.807) is 0 Å². The molecule has 0 aliphatic rings. The molecule has 2 N–H and O–H groups in total. The van der Waals surface area contributed by atoms with Crippen LogP contribution in [0.3, 0.4) is 0 Å². The number of benzene rings is 1. The number of sulfonamides is 1. The van der Waals surface area contributed by atoms with Crippen LogP contribution in [0, 0.1) is 0 Å². The van der Waals surface area contributed by atoms with Crippen LogP contribution in [0.15, 0.2) is 21.5 Å². The second-order valence-corrected chi connectivity index (χ2v) is 7.73. The summed E-state index contributed by atoms with van der Waals surface area (Å²) in [6.07, 6.45) is 1.75. The van der Waals surface area contributed by atoms with Crippen LogP contribution in [0.2, 0.25) is 10.0 Å². The van der Waals surface area contributed by atoms with Gasteiger partial charge in [-0.3, -0.25) is 4.79 Å². The molecule has 0 aliphatic carbocycles. The van der Waals surface area contributed by atoms with E-state index in [1.807, 2.05) is 0 Å². The number of hydrogen-bond donors (Lipinski definition) is 2. The topological polar surface area (TPSA) is 83.5 Å². The first-order chi connectivity index (χ1) is 9.74. The van der Waals surface area contributed by atoms with Gasteiger partial charge < -0.3 is 5.11 Å². The Hall–Kier alpha value is -0.340. The van der Waals surface area contributed by atoms with Crippen LogP contribution in [0.5, 0.6) is 0 Å². The molecule has 0 aromatic heterocycles. The Balaban J connectivity index is 2.61. The molecule has 21 heavy (non-hydrogen) atoms. The summed E-state index contributed by atoms with van der Waals surface area (Å²) in [5.41, 5.74) is 0. The van der Waals surface area contributed by atoms with Gasteiger partial charge in [0.1, 0.15) is 4.90 Å². The summed E-state index contributed by atoms with van der Waals surface area (Å²) in [6.45, 7) is 0.199. The van der Waals surface area contributed by atoms with Gasteiger partial charge in [-0.1, -0.05) is 45.6 Å². The molecule has 0 amide bonds. The summed E-state index contributed by atoms with van der Waals surface area (Å²) in [7, 11) is -3.79. The van der Waals surface area contributed by atoms with Crippen molar-refractivity contribution in [3.05, 3.63) is 26.7 Å². The SMILES string of the molecule is O=C(O)CCCCCNS(=O)(=O)c1c(Cl)cc(Br)cc1Cl. The zero-order valence-corrected chi connectivity index (χ0v) is 14.8. The van der Waals surface area contributed by atoms with Crippen LogP contribution in [0.1, 0.15) is 25.7 Å². The van der Waals surface area contributed by atoms with E-state index in [2.05, 4.69) is 20.7 Å². The van der Waals surface area contributed by atoms with Gasteiger partial charge in [-0.05, 0) is 25.0 Å². The molecule has 0 aliphatic heterocycles. The predicted octanol–water partition coefficient (Wildman–Crippen LogP) is 3.68. The lowest BCUT2D eigenvalue weighted by atomic mass is 10.2. The van der Waals surface area contributed by atoms with E-state index >= 15 is 0 Å². The van der Waals surface area contributed by atoms with Crippen molar-refractivity contribution in [2.45, 2.75) is 30.6 Å². The first-order valence-electron chi connectivity index (χ1n) is 6.10. The summed E-state index contributed by atoms with van der Waals surface area (Å²) in [6, 6.07) is 2.91. The summed E-state index contributed by atoms with van der Waals surface area (Å²) >= 11 is 15.0. The Morgan fingerprint density at radius 3 is 2.29 bits per heavy atom. The highest BCUT2D eigenvalue weighted by Gasteiger charge is 2.21. The van der Waals surface area contributed by atoms with Gasteiger partial charge in [0.2, 0.25) is 10.0 Å². The Morgan fingerprint density at radius 2 is 1.76 bits per heavy atom. The Bertz CT molecular complexity index is 599. The highest BCUT2D eigenvalue weighted by molar-refractivity contribution is 9.10. The fraction of sp³-hybridized carbons (Fsp3) is 0.417. The second kappa shape index (κ2) is 8.33. The number of rotatable bonds is 8. The van der Waals surface area contributed by atoms with Gasteiger partial charge >= 0.3 is 5.97 Å². The standard InChI is InChI=1S/C12H14BrCl2NO4S/c13-8-6-9(14)12(10(15)7-8)21(19,20)16-5-3-1-2-4-11(17)18/h6-7,16H,1-5H2,(H,17,18). The average Bonchev–Trinajstić information content (AvgIpc) is 2.31. The van der Waals surface area contributed by atoms with Crippen molar-refractivity contribution in [1.82, 2.24) is 4.72 Å². The number of carboxylic acid groups (broad SMARTS) is 1. The molecule has 9 heteroatoms. The van der Waals surface area contributed by atoms with Crippen molar-refractivity contribution in [2.75, 3.05) is 6.54 Å². The lowest BCUT2D eigenvalue weighted by Gasteiger charge is -2.10. The number of aliphatic carboxylic acids is 1. The third kappa shape index (κ3) is 6.12. The minimum absolute atomic E-state index is 0.0350. The third-order valence-corrected chi connectivity index (χ3v) is 5.43. The lowest BCUT2D eigenvalue weighted by molar-refractivity contribution is -0.137. The first kappa shape index (κ1) is 18.7. The van der Waals surface area contributed by atoms with Crippen LogP contribution in [-0.2, 0) is 14.8 Å². The maximum absolute atomic E-state index is 12.1. The fourth-order valence-corrected chi connectivity index (χ4v) is 4.65. The smallest absolute Gasteiger partial charge is 0.303 e. The minimum Gasteiger partial charge on any atom is -0.481 e. The lowest BCUT2D eigenvalue weighted by Crippen LogP contribution is -2.25. The van der Waals surface area contributed by atoms with Gasteiger partial charge in [0.05, 0.1) is 10.0 Å². The molecule has 5 nitrogen and oxygen atoms in total. The van der Waals surface area contributed by atoms with E-state index in [4.69, 9.17) is 28.3 Å². The van der Waals surface area contributed by atoms with Crippen molar-refractivity contribution in [3.8, 4) is 0 Å². The van der Waals surface area contributed by atoms with Crippen molar-refractivity contribution in [1.29, 1.82) is 0 Å². The largest absolute Gasteiger partial charge is 0.481 e. The molecule has 0 saturated carbocycles. The van der Waals surface area contributed by atoms with Crippen LogP contribution in [0.4, 0.5) is 0 Å². The zero-order chi connectivity index (χ0) is 16.0. The molecule has 0 fully saturated rings. The molecular weight excluding hydrogens is 405 g/mol. The number of halogens is 3. The highest BCUT2D eigenvalue weighted by atomic mass is 79.9. The van der Waals surface area contributed by atoms with Crippen LogP contribution in [0.25, 0.3) is 0 Å². The van der Waals surface area contributed by atoms with Crippen LogP contribution in [-0.4, -0.2) is 26.0 Å². The molecule has 0 radical (unpaired) electrons. The summed E-state index contributed by atoms with van der Waals surface area (Å²) < 4.78 is 27.3. The van der Waals surface area contributed by atoms with Crippen LogP contribution >= 0.6 is 39.1 Å². The van der Waals surface area contributed by atoms with Gasteiger partial charge in [-0.15, -0.1) is 0 Å². The molecule has 1 rings (SSSR count). The molecule has 0 heterocycles. The molecule has 1 aromatic rings. The fourth-order valence-electron chi connectivity index (χ4n) is 1.64. The maximum Gasteiger partial charge on any atom is 0.303 e. The minimum atomic E-state index is -3.79. The third-order valence-electron chi connectivity index (χ3n) is 2.59. The highest BCUT2D eigenvalue weighted by Crippen LogP contribution is 2.32. The molecule has 0 bridgehead atoms. The summed E-state index contributed by atoms with van der Waals surface area (Å²) in [5, 5.41) is 8.56. The monoisotopic (exact) mass is 417 g/mol. The van der Waals surface area contributed by atoms with E-state index in [9.17, 15) is 13.2 Å². The Labute approximate surface area is 141 Å². The van der Waals surface area contributed by atoms with Crippen molar-refractivity contribution in [2.24, 2.45) is 0 Å². The van der Waals surface area contributed by atoms with Gasteiger partial charge in [-0.25, -0.2) is 13.1 Å². The molecule has 0 atom stereocenters. The van der Waals surface area contributed by atoms with E-state index in [0.717, 1.165) is 0 Å². The number of carbonyl (C=O) groups is 1. The average molecular weight is 419 g/mol. The predicted molar refractivity (Wildman–Crippen MR) is 85.5 cm³/mol. The number of nitrogens with one attached hydrogen (secondary N) is 1. The number of hydrogen-bond acceptors (Lipinski definition) is 3. The molecule has 118 valence electrons. The van der Waals surface area contributed by atoms with Gasteiger partial charge in [0.25, 0.3) is 0 Å². The van der Waals surface area contributed by atoms with Gasteiger partial charge in [0, 0.05) is 17.4 Å². The van der Waals surface area contributed by atoms with Crippen molar-refractivity contribution in [3.63, 3.8) is 0 Å². The van der Waals surface area contributed by atoms with Crippen molar-refractivity contribution < 1.29 is 18.3 Å². The quantitative estimate of drug-likeness (QED) is 0.630. The van der Waals surface area contributed by atoms with E-state index < -0.39 is 16.0 Å². The van der Waals surface area contributed by atoms with E-state index in [0.29, 0.717) is 23.7 Å². The molecule has 1 aromatic carbocycles. The molecular formula is C12H14BrCl2NO4S. The summed E-state index contributed by atoms with van der Waals surface area (Å²) in [5.74, 6) is -0.857. The normalized spacial score (nSPS) is 11.6. The zero-order valence-electron chi connectivity index (χ0n) is 10.9. The van der Waals surface area contributed by atoms with Gasteiger partial charge in [-0.2, -0.15) is 0 Å². The molecule has 0 saturated heterocycles. The van der Waals surface area contributed by atoms with E-state index in [-0.39, 0.29) is 27.9 Å². The Kier molecular flexibility index (Phi) is 7.42. The van der Waals surface area contributed by atoms with Gasteiger partial charge in [0.15, 0.2) is 0 Å². The second-order valence-electron chi connectivity index (χ2n) is 4.30. The summed E-state index contributed by atoms with van der Waals surface area (Å²) in [4.78, 5) is 10.2. The van der Waals surface area contributed by atoms with Crippen LogP contribution < -0.4 is 4.72 Å². The maximum atomic E-state index is 12.1. The molecule has 0 unspecified atom stereocenters. The number of carboxylic acids is 1. The van der Waals surface area contributed by atoms with Crippen molar-refractivity contribution >= 4 is 55.1 Å². The first-order valence-corrected chi connectivity index (χ1v) is 9.13.